The number of hydrogen-bond acceptors (Lipinski definition) is 6. The summed E-state index contributed by atoms with van der Waals surface area (Å²) >= 11 is 1.58. The second-order valence-electron chi connectivity index (χ2n) is 5.24. The Bertz CT molecular complexity index is 912. The zero-order chi connectivity index (χ0) is 16.0. The van der Waals surface area contributed by atoms with Crippen LogP contribution in [0.2, 0.25) is 0 Å². The van der Waals surface area contributed by atoms with Gasteiger partial charge in [-0.05, 0) is 18.5 Å². The molecule has 8 heteroatoms. The average molecular weight is 334 g/mol. The van der Waals surface area contributed by atoms with E-state index in [1.807, 2.05) is 0 Å². The molecule has 0 saturated heterocycles. The van der Waals surface area contributed by atoms with Crippen LogP contribution in [0.4, 0.5) is 20.3 Å². The highest BCUT2D eigenvalue weighted by atomic mass is 32.1. The largest absolute Gasteiger partial charge is 0.505 e. The molecule has 2 aromatic heterocycles. The molecule has 0 atom stereocenters. The number of thiophene rings is 1. The molecule has 1 aliphatic heterocycles. The lowest BCUT2D eigenvalue weighted by Gasteiger charge is -2.14. The highest BCUT2D eigenvalue weighted by Crippen LogP contribution is 2.37. The number of hydrogen-bond donors (Lipinski definition) is 3. The van der Waals surface area contributed by atoms with Crippen LogP contribution in [0.5, 0.6) is 5.75 Å². The number of rotatable bonds is 2. The van der Waals surface area contributed by atoms with E-state index in [9.17, 15) is 13.9 Å². The average Bonchev–Trinajstić information content (AvgIpc) is 2.92. The predicted octanol–water partition coefficient (Wildman–Crippen LogP) is 3.06. The van der Waals surface area contributed by atoms with Crippen molar-refractivity contribution in [3.8, 4) is 5.75 Å². The Labute approximate surface area is 134 Å². The molecule has 0 radical (unpaired) electrons. The molecule has 3 heterocycles. The van der Waals surface area contributed by atoms with E-state index in [0.29, 0.717) is 11.9 Å². The molecule has 0 bridgehead atoms. The number of halogens is 2. The van der Waals surface area contributed by atoms with Gasteiger partial charge in [-0.1, -0.05) is 0 Å². The third-order valence-electron chi connectivity index (χ3n) is 3.80. The second-order valence-corrected chi connectivity index (χ2v) is 6.33. The molecule has 0 unspecified atom stereocenters. The maximum Gasteiger partial charge on any atom is 0.167 e. The molecule has 0 fully saturated rings. The first-order chi connectivity index (χ1) is 11.1. The van der Waals surface area contributed by atoms with E-state index >= 15 is 0 Å². The SMILES string of the molecule is Oc1cc(Nc2ncnc3sc4c(c23)CCNC4)c(F)cc1F. The van der Waals surface area contributed by atoms with E-state index in [-0.39, 0.29) is 5.69 Å². The molecule has 4 rings (SSSR count). The van der Waals surface area contributed by atoms with Gasteiger partial charge in [0.15, 0.2) is 11.6 Å². The maximum absolute atomic E-state index is 13.9. The highest BCUT2D eigenvalue weighted by molar-refractivity contribution is 7.19. The van der Waals surface area contributed by atoms with E-state index in [1.165, 1.54) is 11.2 Å². The molecule has 23 heavy (non-hydrogen) atoms. The summed E-state index contributed by atoms with van der Waals surface area (Å²) in [6, 6.07) is 1.65. The van der Waals surface area contributed by atoms with Crippen molar-refractivity contribution in [1.82, 2.24) is 15.3 Å². The fraction of sp³-hybridized carbons (Fsp3) is 0.200. The first-order valence-corrected chi connectivity index (χ1v) is 7.86. The molecule has 1 aliphatic rings. The number of benzene rings is 1. The van der Waals surface area contributed by atoms with Crippen molar-refractivity contribution in [2.24, 2.45) is 0 Å². The molecule has 1 aromatic carbocycles. The minimum Gasteiger partial charge on any atom is -0.505 e. The Balaban J connectivity index is 1.83. The van der Waals surface area contributed by atoms with Crippen molar-refractivity contribution in [3.05, 3.63) is 40.5 Å². The Morgan fingerprint density at radius 1 is 1.22 bits per heavy atom. The fourth-order valence-electron chi connectivity index (χ4n) is 2.71. The van der Waals surface area contributed by atoms with Gasteiger partial charge in [-0.25, -0.2) is 18.7 Å². The predicted molar refractivity (Wildman–Crippen MR) is 84.1 cm³/mol. The third kappa shape index (κ3) is 2.40. The lowest BCUT2D eigenvalue weighted by molar-refractivity contribution is 0.428. The first-order valence-electron chi connectivity index (χ1n) is 7.04. The van der Waals surface area contributed by atoms with Gasteiger partial charge in [0.2, 0.25) is 0 Å². The first kappa shape index (κ1) is 14.3. The summed E-state index contributed by atoms with van der Waals surface area (Å²) in [6.07, 6.45) is 2.25. The lowest BCUT2D eigenvalue weighted by atomic mass is 10.1. The van der Waals surface area contributed by atoms with E-state index in [2.05, 4.69) is 20.6 Å². The zero-order valence-corrected chi connectivity index (χ0v) is 12.7. The molecular weight excluding hydrogens is 322 g/mol. The number of aromatic nitrogens is 2. The summed E-state index contributed by atoms with van der Waals surface area (Å²) < 4.78 is 27.1. The highest BCUT2D eigenvalue weighted by Gasteiger charge is 2.20. The van der Waals surface area contributed by atoms with Gasteiger partial charge in [0.05, 0.1) is 11.1 Å². The van der Waals surface area contributed by atoms with Crippen LogP contribution in [0.3, 0.4) is 0 Å². The minimum atomic E-state index is -1.00. The zero-order valence-electron chi connectivity index (χ0n) is 11.9. The van der Waals surface area contributed by atoms with Crippen molar-refractivity contribution < 1.29 is 13.9 Å². The number of nitrogens with one attached hydrogen (secondary N) is 2. The standard InChI is InChI=1S/C15H12F2N4OS/c16-8-3-9(17)11(22)4-10(8)21-14-13-7-1-2-18-5-12(7)23-15(13)20-6-19-14/h3-4,6,18,22H,1-2,5H2,(H,19,20,21). The van der Waals surface area contributed by atoms with Gasteiger partial charge in [0.25, 0.3) is 0 Å². The third-order valence-corrected chi connectivity index (χ3v) is 4.94. The summed E-state index contributed by atoms with van der Waals surface area (Å²) in [5, 5.41) is 16.5. The number of aromatic hydroxyl groups is 1. The van der Waals surface area contributed by atoms with Crippen LogP contribution in [0.15, 0.2) is 18.5 Å². The number of nitrogens with zero attached hydrogens (tertiary/aromatic N) is 2. The van der Waals surface area contributed by atoms with Gasteiger partial charge >= 0.3 is 0 Å². The molecular formula is C15H12F2N4OS. The smallest absolute Gasteiger partial charge is 0.167 e. The topological polar surface area (TPSA) is 70.1 Å². The Kier molecular flexibility index (Phi) is 3.35. The Hall–Kier alpha value is -2.32. The Morgan fingerprint density at radius 3 is 2.96 bits per heavy atom. The molecule has 0 spiro atoms. The van der Waals surface area contributed by atoms with Crippen LogP contribution >= 0.6 is 11.3 Å². The van der Waals surface area contributed by atoms with Crippen LogP contribution in [0.1, 0.15) is 10.4 Å². The van der Waals surface area contributed by atoms with E-state index in [0.717, 1.165) is 41.4 Å². The van der Waals surface area contributed by atoms with Crippen LogP contribution in [0, 0.1) is 11.6 Å². The fourth-order valence-corrected chi connectivity index (χ4v) is 3.87. The van der Waals surface area contributed by atoms with Crippen molar-refractivity contribution in [2.75, 3.05) is 11.9 Å². The molecule has 0 amide bonds. The second kappa shape index (κ2) is 5.39. The van der Waals surface area contributed by atoms with Crippen molar-refractivity contribution in [2.45, 2.75) is 13.0 Å². The van der Waals surface area contributed by atoms with Crippen molar-refractivity contribution in [3.63, 3.8) is 0 Å². The van der Waals surface area contributed by atoms with Crippen molar-refractivity contribution in [1.29, 1.82) is 0 Å². The number of fused-ring (bicyclic) bond motifs is 3. The lowest BCUT2D eigenvalue weighted by Crippen LogP contribution is -2.22. The number of phenols is 1. The summed E-state index contributed by atoms with van der Waals surface area (Å²) in [6.45, 7) is 1.64. The van der Waals surface area contributed by atoms with Gasteiger partial charge in [-0.2, -0.15) is 0 Å². The van der Waals surface area contributed by atoms with Crippen LogP contribution in [0.25, 0.3) is 10.2 Å². The van der Waals surface area contributed by atoms with Gasteiger partial charge in [-0.3, -0.25) is 0 Å². The van der Waals surface area contributed by atoms with Gasteiger partial charge < -0.3 is 15.7 Å². The van der Waals surface area contributed by atoms with E-state index < -0.39 is 17.4 Å². The molecule has 0 aliphatic carbocycles. The normalized spacial score (nSPS) is 14.0. The van der Waals surface area contributed by atoms with Gasteiger partial charge in [0, 0.05) is 23.6 Å². The maximum atomic E-state index is 13.9. The molecule has 0 saturated carbocycles. The molecule has 3 aromatic rings. The van der Waals surface area contributed by atoms with Crippen LogP contribution < -0.4 is 10.6 Å². The number of anilines is 2. The molecule has 118 valence electrons. The molecule has 3 N–H and O–H groups in total. The van der Waals surface area contributed by atoms with Crippen LogP contribution in [-0.4, -0.2) is 21.6 Å². The summed E-state index contributed by atoms with van der Waals surface area (Å²) in [5.41, 5.74) is 1.12. The van der Waals surface area contributed by atoms with Crippen molar-refractivity contribution >= 4 is 33.1 Å². The van der Waals surface area contributed by atoms with Gasteiger partial charge in [-0.15, -0.1) is 11.3 Å². The van der Waals surface area contributed by atoms with E-state index in [4.69, 9.17) is 0 Å². The number of phenolic OH excluding ortho intramolecular Hbond substituents is 1. The van der Waals surface area contributed by atoms with Gasteiger partial charge in [0.1, 0.15) is 22.8 Å². The summed E-state index contributed by atoms with van der Waals surface area (Å²) in [7, 11) is 0. The molecule has 5 nitrogen and oxygen atoms in total. The minimum absolute atomic E-state index is 0.0298. The summed E-state index contributed by atoms with van der Waals surface area (Å²) in [4.78, 5) is 10.5. The Morgan fingerprint density at radius 2 is 2.09 bits per heavy atom. The van der Waals surface area contributed by atoms with Crippen LogP contribution in [-0.2, 0) is 13.0 Å². The van der Waals surface area contributed by atoms with E-state index in [1.54, 1.807) is 11.3 Å². The quantitative estimate of drug-likeness (QED) is 0.672. The summed E-state index contributed by atoms with van der Waals surface area (Å²) in [5.74, 6) is -1.95. The monoisotopic (exact) mass is 334 g/mol.